The van der Waals surface area contributed by atoms with Crippen molar-refractivity contribution in [2.45, 2.75) is 32.9 Å². The molecule has 0 bridgehead atoms. The minimum absolute atomic E-state index is 0.133. The van der Waals surface area contributed by atoms with Crippen molar-refractivity contribution in [3.63, 3.8) is 0 Å². The number of hydrogen-bond acceptors (Lipinski definition) is 4. The third-order valence-electron chi connectivity index (χ3n) is 4.64. The van der Waals surface area contributed by atoms with E-state index in [1.54, 1.807) is 29.7 Å². The molecule has 1 amide bonds. The standard InChI is InChI=1S/C23H28N4O2S/c1-3-24-23(26-13-17(2)20-9-11-30-16-20)27-14-18-6-4-7-19(12-18)22(28)25-15-21-8-5-10-29-21/h4-12,16-17H,3,13-15H2,1-2H3,(H,25,28)(H2,24,26,27). The lowest BCUT2D eigenvalue weighted by Gasteiger charge is -2.15. The van der Waals surface area contributed by atoms with Gasteiger partial charge in [-0.2, -0.15) is 11.3 Å². The molecule has 7 heteroatoms. The van der Waals surface area contributed by atoms with Crippen LogP contribution < -0.4 is 16.0 Å². The maximum absolute atomic E-state index is 12.4. The Morgan fingerprint density at radius 2 is 2.07 bits per heavy atom. The van der Waals surface area contributed by atoms with Crippen molar-refractivity contribution >= 4 is 23.2 Å². The van der Waals surface area contributed by atoms with Crippen LogP contribution in [0.1, 0.15) is 47.0 Å². The lowest BCUT2D eigenvalue weighted by atomic mass is 10.1. The predicted octanol–water partition coefficient (Wildman–Crippen LogP) is 4.13. The summed E-state index contributed by atoms with van der Waals surface area (Å²) in [5, 5.41) is 13.8. The molecule has 30 heavy (non-hydrogen) atoms. The van der Waals surface area contributed by atoms with E-state index in [9.17, 15) is 4.79 Å². The van der Waals surface area contributed by atoms with Gasteiger partial charge in [0.1, 0.15) is 5.76 Å². The number of amides is 1. The first kappa shape index (κ1) is 21.6. The largest absolute Gasteiger partial charge is 0.467 e. The van der Waals surface area contributed by atoms with Gasteiger partial charge >= 0.3 is 0 Å². The molecule has 3 rings (SSSR count). The zero-order chi connectivity index (χ0) is 21.2. The van der Waals surface area contributed by atoms with Gasteiger partial charge in [-0.15, -0.1) is 0 Å². The molecule has 0 fully saturated rings. The number of aliphatic imine (C=N–C) groups is 1. The van der Waals surface area contributed by atoms with Crippen molar-refractivity contribution in [3.8, 4) is 0 Å². The number of thiophene rings is 1. The van der Waals surface area contributed by atoms with Crippen LogP contribution >= 0.6 is 11.3 Å². The molecule has 158 valence electrons. The van der Waals surface area contributed by atoms with Crippen molar-refractivity contribution < 1.29 is 9.21 Å². The van der Waals surface area contributed by atoms with Gasteiger partial charge in [-0.3, -0.25) is 4.79 Å². The lowest BCUT2D eigenvalue weighted by molar-refractivity contribution is 0.0948. The fourth-order valence-electron chi connectivity index (χ4n) is 2.93. The second-order valence-electron chi connectivity index (χ2n) is 7.00. The van der Waals surface area contributed by atoms with Crippen LogP contribution in [0.15, 0.2) is 68.9 Å². The summed E-state index contributed by atoms with van der Waals surface area (Å²) in [6, 6.07) is 13.3. The van der Waals surface area contributed by atoms with Crippen LogP contribution in [0, 0.1) is 0 Å². The Morgan fingerprint density at radius 3 is 2.80 bits per heavy atom. The molecule has 0 aliphatic heterocycles. The molecular formula is C23H28N4O2S. The second-order valence-corrected chi connectivity index (χ2v) is 7.78. The van der Waals surface area contributed by atoms with E-state index in [1.165, 1.54) is 5.56 Å². The summed E-state index contributed by atoms with van der Waals surface area (Å²) in [4.78, 5) is 17.1. The molecule has 1 atom stereocenters. The summed E-state index contributed by atoms with van der Waals surface area (Å²) in [6.45, 7) is 6.69. The van der Waals surface area contributed by atoms with Crippen LogP contribution in [-0.2, 0) is 13.1 Å². The highest BCUT2D eigenvalue weighted by molar-refractivity contribution is 7.07. The van der Waals surface area contributed by atoms with Crippen LogP contribution in [0.5, 0.6) is 0 Å². The van der Waals surface area contributed by atoms with Crippen LogP contribution in [0.2, 0.25) is 0 Å². The highest BCUT2D eigenvalue weighted by Crippen LogP contribution is 2.17. The molecule has 1 unspecified atom stereocenters. The quantitative estimate of drug-likeness (QED) is 0.356. The first-order valence-electron chi connectivity index (χ1n) is 10.1. The van der Waals surface area contributed by atoms with Crippen LogP contribution in [-0.4, -0.2) is 25.0 Å². The van der Waals surface area contributed by atoms with Gasteiger partial charge < -0.3 is 20.4 Å². The summed E-state index contributed by atoms with van der Waals surface area (Å²) in [5.74, 6) is 1.77. The third kappa shape index (κ3) is 6.49. The monoisotopic (exact) mass is 424 g/mol. The highest BCUT2D eigenvalue weighted by atomic mass is 32.1. The minimum Gasteiger partial charge on any atom is -0.467 e. The van der Waals surface area contributed by atoms with Crippen molar-refractivity contribution in [3.05, 3.63) is 81.9 Å². The average molecular weight is 425 g/mol. The van der Waals surface area contributed by atoms with E-state index in [1.807, 2.05) is 31.2 Å². The Balaban J connectivity index is 1.56. The smallest absolute Gasteiger partial charge is 0.251 e. The summed E-state index contributed by atoms with van der Waals surface area (Å²) in [6.07, 6.45) is 1.59. The van der Waals surface area contributed by atoms with Crippen LogP contribution in [0.4, 0.5) is 0 Å². The van der Waals surface area contributed by atoms with Gasteiger partial charge in [0.2, 0.25) is 0 Å². The van der Waals surface area contributed by atoms with Gasteiger partial charge in [-0.25, -0.2) is 4.99 Å². The van der Waals surface area contributed by atoms with Gasteiger partial charge in [0.15, 0.2) is 5.96 Å². The van der Waals surface area contributed by atoms with Gasteiger partial charge in [-0.05, 0) is 65.1 Å². The Bertz CT molecular complexity index is 936. The number of nitrogens with one attached hydrogen (secondary N) is 3. The SMILES string of the molecule is CCNC(=NCc1cccc(C(=O)NCc2ccco2)c1)NCC(C)c1ccsc1. The molecule has 0 aliphatic carbocycles. The Labute approximate surface area is 181 Å². The van der Waals surface area contributed by atoms with E-state index < -0.39 is 0 Å². The molecule has 0 saturated heterocycles. The number of carbonyl (C=O) groups is 1. The molecular weight excluding hydrogens is 396 g/mol. The van der Waals surface area contributed by atoms with E-state index >= 15 is 0 Å². The van der Waals surface area contributed by atoms with E-state index in [-0.39, 0.29) is 5.91 Å². The number of carbonyl (C=O) groups excluding carboxylic acids is 1. The molecule has 3 N–H and O–H groups in total. The van der Waals surface area contributed by atoms with E-state index in [0.29, 0.717) is 24.6 Å². The molecule has 2 aromatic heterocycles. The zero-order valence-corrected chi connectivity index (χ0v) is 18.2. The van der Waals surface area contributed by atoms with Crippen molar-refractivity contribution in [2.75, 3.05) is 13.1 Å². The number of hydrogen-bond donors (Lipinski definition) is 3. The highest BCUT2D eigenvalue weighted by Gasteiger charge is 2.09. The molecule has 0 aliphatic rings. The van der Waals surface area contributed by atoms with Crippen LogP contribution in [0.25, 0.3) is 0 Å². The van der Waals surface area contributed by atoms with Crippen molar-refractivity contribution in [1.29, 1.82) is 0 Å². The average Bonchev–Trinajstić information content (AvgIpc) is 3.48. The van der Waals surface area contributed by atoms with E-state index in [0.717, 1.165) is 30.4 Å². The maximum atomic E-state index is 12.4. The summed E-state index contributed by atoms with van der Waals surface area (Å²) in [5.41, 5.74) is 2.92. The van der Waals surface area contributed by atoms with E-state index in [4.69, 9.17) is 4.42 Å². The van der Waals surface area contributed by atoms with E-state index in [2.05, 4.69) is 44.7 Å². The Kier molecular flexibility index (Phi) is 8.09. The predicted molar refractivity (Wildman–Crippen MR) is 122 cm³/mol. The number of furan rings is 1. The molecule has 0 spiro atoms. The van der Waals surface area contributed by atoms with Gasteiger partial charge in [0, 0.05) is 18.7 Å². The normalized spacial score (nSPS) is 12.4. The molecule has 6 nitrogen and oxygen atoms in total. The zero-order valence-electron chi connectivity index (χ0n) is 17.4. The lowest BCUT2D eigenvalue weighted by Crippen LogP contribution is -2.39. The van der Waals surface area contributed by atoms with Crippen molar-refractivity contribution in [1.82, 2.24) is 16.0 Å². The van der Waals surface area contributed by atoms with Gasteiger partial charge in [0.05, 0.1) is 19.4 Å². The molecule has 3 aromatic rings. The Morgan fingerprint density at radius 1 is 1.17 bits per heavy atom. The van der Waals surface area contributed by atoms with Crippen LogP contribution in [0.3, 0.4) is 0 Å². The first-order valence-corrected chi connectivity index (χ1v) is 11.0. The van der Waals surface area contributed by atoms with Gasteiger partial charge in [0.25, 0.3) is 5.91 Å². The number of rotatable bonds is 9. The van der Waals surface area contributed by atoms with Crippen molar-refractivity contribution in [2.24, 2.45) is 4.99 Å². The fraction of sp³-hybridized carbons (Fsp3) is 0.304. The third-order valence-corrected chi connectivity index (χ3v) is 5.35. The second kappa shape index (κ2) is 11.2. The van der Waals surface area contributed by atoms with Gasteiger partial charge in [-0.1, -0.05) is 19.1 Å². The molecule has 2 heterocycles. The minimum atomic E-state index is -0.133. The fourth-order valence-corrected chi connectivity index (χ4v) is 3.71. The summed E-state index contributed by atoms with van der Waals surface area (Å²) < 4.78 is 5.25. The number of guanidine groups is 1. The Hall–Kier alpha value is -3.06. The summed E-state index contributed by atoms with van der Waals surface area (Å²) >= 11 is 1.71. The maximum Gasteiger partial charge on any atom is 0.251 e. The molecule has 0 saturated carbocycles. The summed E-state index contributed by atoms with van der Waals surface area (Å²) in [7, 11) is 0. The number of benzene rings is 1. The molecule has 0 radical (unpaired) electrons. The number of nitrogens with zero attached hydrogens (tertiary/aromatic N) is 1. The first-order chi connectivity index (χ1) is 14.7. The molecule has 1 aromatic carbocycles. The topological polar surface area (TPSA) is 78.7 Å².